The molecule has 2 fully saturated rings. The quantitative estimate of drug-likeness (QED) is 0.760. The van der Waals surface area contributed by atoms with Gasteiger partial charge < -0.3 is 0 Å². The van der Waals surface area contributed by atoms with E-state index in [-0.39, 0.29) is 23.5 Å². The van der Waals surface area contributed by atoms with Gasteiger partial charge in [-0.2, -0.15) is 0 Å². The first kappa shape index (κ1) is 13.7. The molecule has 0 aromatic heterocycles. The van der Waals surface area contributed by atoms with Crippen LogP contribution in [0.3, 0.4) is 0 Å². The summed E-state index contributed by atoms with van der Waals surface area (Å²) in [5.41, 5.74) is 2.60. The monoisotopic (exact) mass is 317 g/mol. The molecule has 2 aromatic rings. The number of rotatable bonds is 1. The lowest BCUT2D eigenvalue weighted by atomic mass is 9.56. The van der Waals surface area contributed by atoms with Crippen molar-refractivity contribution >= 4 is 23.3 Å². The molecular weight excluding hydrogens is 302 g/mol. The minimum atomic E-state index is -0.543. The Morgan fingerprint density at radius 2 is 1.38 bits per heavy atom. The molecule has 4 nitrogen and oxygen atoms in total. The number of para-hydroxylation sites is 1. The van der Waals surface area contributed by atoms with Gasteiger partial charge >= 0.3 is 0 Å². The highest BCUT2D eigenvalue weighted by molar-refractivity contribution is 6.24. The van der Waals surface area contributed by atoms with Gasteiger partial charge in [-0.25, -0.2) is 0 Å². The van der Waals surface area contributed by atoms with Gasteiger partial charge in [-0.3, -0.25) is 19.3 Å². The van der Waals surface area contributed by atoms with Gasteiger partial charge in [0.25, 0.3) is 0 Å². The highest BCUT2D eigenvalue weighted by Crippen LogP contribution is 2.57. The topological polar surface area (TPSA) is 54.5 Å². The molecule has 6 rings (SSSR count). The summed E-state index contributed by atoms with van der Waals surface area (Å²) < 4.78 is 0. The Morgan fingerprint density at radius 3 is 2.12 bits per heavy atom. The summed E-state index contributed by atoms with van der Waals surface area (Å²) in [4.78, 5) is 40.0. The number of imide groups is 1. The van der Waals surface area contributed by atoms with Crippen molar-refractivity contribution in [3.63, 3.8) is 0 Å². The van der Waals surface area contributed by atoms with Gasteiger partial charge in [0.2, 0.25) is 11.8 Å². The molecule has 3 aliphatic carbocycles. The molecule has 2 amide bonds. The molecule has 24 heavy (non-hydrogen) atoms. The summed E-state index contributed by atoms with van der Waals surface area (Å²) in [6, 6.07) is 16.8. The Bertz CT molecular complexity index is 889. The molecule has 1 saturated carbocycles. The van der Waals surface area contributed by atoms with Crippen LogP contribution in [0.4, 0.5) is 5.69 Å². The second-order valence-corrected chi connectivity index (χ2v) is 6.78. The number of nitrogens with zero attached hydrogens (tertiary/aromatic N) is 1. The van der Waals surface area contributed by atoms with E-state index in [9.17, 15) is 14.4 Å². The van der Waals surface area contributed by atoms with Crippen LogP contribution >= 0.6 is 0 Å². The van der Waals surface area contributed by atoms with Gasteiger partial charge in [-0.1, -0.05) is 42.5 Å². The second-order valence-electron chi connectivity index (χ2n) is 6.78. The largest absolute Gasteiger partial charge is 0.299 e. The molecule has 1 heterocycles. The smallest absolute Gasteiger partial charge is 0.238 e. The normalized spacial score (nSPS) is 30.5. The van der Waals surface area contributed by atoms with Crippen LogP contribution in [0.2, 0.25) is 0 Å². The van der Waals surface area contributed by atoms with Gasteiger partial charge in [-0.05, 0) is 23.3 Å². The van der Waals surface area contributed by atoms with Gasteiger partial charge in [0.1, 0.15) is 5.78 Å². The fourth-order valence-electron chi connectivity index (χ4n) is 4.79. The van der Waals surface area contributed by atoms with Crippen molar-refractivity contribution in [1.82, 2.24) is 0 Å². The maximum Gasteiger partial charge on any atom is 0.238 e. The summed E-state index contributed by atoms with van der Waals surface area (Å²) >= 11 is 0. The van der Waals surface area contributed by atoms with Crippen molar-refractivity contribution in [3.8, 4) is 0 Å². The lowest BCUT2D eigenvalue weighted by Gasteiger charge is -2.43. The van der Waals surface area contributed by atoms with Crippen molar-refractivity contribution in [2.45, 2.75) is 18.3 Å². The number of carbonyl (C=O) groups is 3. The maximum atomic E-state index is 13.1. The van der Waals surface area contributed by atoms with Crippen molar-refractivity contribution < 1.29 is 14.4 Å². The number of Topliss-reactive ketones (excluding diaryl/α,β-unsaturated/α-hetero) is 1. The van der Waals surface area contributed by atoms with E-state index in [0.717, 1.165) is 11.1 Å². The molecule has 4 aliphatic rings. The highest BCUT2D eigenvalue weighted by atomic mass is 16.2. The molecule has 2 aromatic carbocycles. The van der Waals surface area contributed by atoms with Crippen molar-refractivity contribution in [1.29, 1.82) is 0 Å². The molecule has 4 atom stereocenters. The number of benzene rings is 2. The molecular formula is C20H15NO3. The Morgan fingerprint density at radius 1 is 0.750 bits per heavy atom. The number of hydrogen-bond acceptors (Lipinski definition) is 3. The molecule has 0 unspecified atom stereocenters. The fourth-order valence-corrected chi connectivity index (χ4v) is 4.79. The zero-order valence-electron chi connectivity index (χ0n) is 12.9. The predicted molar refractivity (Wildman–Crippen MR) is 87.5 cm³/mol. The Kier molecular flexibility index (Phi) is 2.64. The molecule has 1 aliphatic heterocycles. The third-order valence-electron chi connectivity index (χ3n) is 5.70. The van der Waals surface area contributed by atoms with E-state index in [1.165, 1.54) is 4.90 Å². The Labute approximate surface area is 139 Å². The molecule has 118 valence electrons. The highest BCUT2D eigenvalue weighted by Gasteiger charge is 2.62. The van der Waals surface area contributed by atoms with Gasteiger partial charge in [0.15, 0.2) is 0 Å². The van der Waals surface area contributed by atoms with Crippen LogP contribution in [0.1, 0.15) is 29.4 Å². The first-order chi connectivity index (χ1) is 11.7. The van der Waals surface area contributed by atoms with Crippen LogP contribution in [0, 0.1) is 11.8 Å². The molecule has 4 heteroatoms. The lowest BCUT2D eigenvalue weighted by molar-refractivity contribution is -0.134. The zero-order valence-corrected chi connectivity index (χ0v) is 12.9. The third-order valence-corrected chi connectivity index (χ3v) is 5.70. The van der Waals surface area contributed by atoms with E-state index in [4.69, 9.17) is 0 Å². The van der Waals surface area contributed by atoms with Crippen LogP contribution in [0.25, 0.3) is 0 Å². The zero-order chi connectivity index (χ0) is 16.4. The van der Waals surface area contributed by atoms with Crippen molar-refractivity contribution in [3.05, 3.63) is 65.7 Å². The van der Waals surface area contributed by atoms with Crippen LogP contribution < -0.4 is 4.90 Å². The fraction of sp³-hybridized carbons (Fsp3) is 0.250. The standard InChI is InChI=1S/C20H15NO3/c22-15-10-14-12-8-4-5-9-13(12)16(15)18-17(14)19(23)21(20(18)24)11-6-2-1-3-7-11/h1-9,14,16-18H,10H2/t14-,16+,17+,18-/m1/s1. The van der Waals surface area contributed by atoms with Crippen molar-refractivity contribution in [2.24, 2.45) is 11.8 Å². The average Bonchev–Trinajstić information content (AvgIpc) is 2.88. The van der Waals surface area contributed by atoms with E-state index >= 15 is 0 Å². The summed E-state index contributed by atoms with van der Waals surface area (Å²) in [6.45, 7) is 0. The first-order valence-corrected chi connectivity index (χ1v) is 8.23. The van der Waals surface area contributed by atoms with Crippen LogP contribution in [-0.4, -0.2) is 17.6 Å². The Balaban J connectivity index is 1.68. The third kappa shape index (κ3) is 1.55. The number of anilines is 1. The van der Waals surface area contributed by atoms with E-state index in [2.05, 4.69) is 0 Å². The van der Waals surface area contributed by atoms with E-state index in [0.29, 0.717) is 12.1 Å². The maximum absolute atomic E-state index is 13.1. The molecule has 0 radical (unpaired) electrons. The summed E-state index contributed by atoms with van der Waals surface area (Å²) in [7, 11) is 0. The molecule has 0 N–H and O–H groups in total. The van der Waals surface area contributed by atoms with Crippen LogP contribution in [0.5, 0.6) is 0 Å². The molecule has 1 saturated heterocycles. The molecule has 2 bridgehead atoms. The van der Waals surface area contributed by atoms with Gasteiger partial charge in [0.05, 0.1) is 23.4 Å². The van der Waals surface area contributed by atoms with E-state index in [1.807, 2.05) is 42.5 Å². The Hall–Kier alpha value is -2.75. The predicted octanol–water partition coefficient (Wildman–Crippen LogP) is 2.65. The second kappa shape index (κ2) is 4.63. The van der Waals surface area contributed by atoms with Gasteiger partial charge in [-0.15, -0.1) is 0 Å². The van der Waals surface area contributed by atoms with Gasteiger partial charge in [0, 0.05) is 12.3 Å². The first-order valence-electron chi connectivity index (χ1n) is 8.23. The van der Waals surface area contributed by atoms with Crippen LogP contribution in [-0.2, 0) is 14.4 Å². The minimum absolute atomic E-state index is 0.0935. The number of hydrogen-bond donors (Lipinski definition) is 0. The van der Waals surface area contributed by atoms with E-state index in [1.54, 1.807) is 12.1 Å². The SMILES string of the molecule is O=C1C[C@@H]2c3ccccc3[C@@H]1[C@H]1C(=O)N(c3ccccc3)C(=O)[C@H]12. The van der Waals surface area contributed by atoms with E-state index < -0.39 is 17.8 Å². The van der Waals surface area contributed by atoms with Crippen LogP contribution in [0.15, 0.2) is 54.6 Å². The number of ketones is 1. The summed E-state index contributed by atoms with van der Waals surface area (Å²) in [5, 5.41) is 0. The average molecular weight is 317 g/mol. The number of fused-ring (bicyclic) bond motifs is 1. The minimum Gasteiger partial charge on any atom is -0.299 e. The summed E-state index contributed by atoms with van der Waals surface area (Å²) in [6.07, 6.45) is 0.366. The summed E-state index contributed by atoms with van der Waals surface area (Å²) in [5.74, 6) is -1.89. The molecule has 0 spiro atoms. The lowest BCUT2D eigenvalue weighted by Crippen LogP contribution is -2.44. The number of carbonyl (C=O) groups excluding carboxylic acids is 3. The van der Waals surface area contributed by atoms with Crippen molar-refractivity contribution in [2.75, 3.05) is 4.90 Å². The number of amides is 2.